The molecule has 0 N–H and O–H groups in total. The predicted octanol–water partition coefficient (Wildman–Crippen LogP) is 4.74. The maximum Gasteiger partial charge on any atom is 0.231 e. The van der Waals surface area contributed by atoms with E-state index in [0.29, 0.717) is 24.0 Å². The fourth-order valence-electron chi connectivity index (χ4n) is 3.47. The number of thioether (sulfide) groups is 1. The highest BCUT2D eigenvalue weighted by Gasteiger charge is 2.18. The molecule has 0 amide bonds. The van der Waals surface area contributed by atoms with Crippen LogP contribution in [-0.4, -0.2) is 31.7 Å². The number of fused-ring (bicyclic) bond motifs is 1. The summed E-state index contributed by atoms with van der Waals surface area (Å²) in [6, 6.07) is 16.0. The third-order valence-corrected chi connectivity index (χ3v) is 6.07. The molecule has 3 heterocycles. The molecule has 4 aromatic rings. The summed E-state index contributed by atoms with van der Waals surface area (Å²) < 4.78 is 18.4. The minimum atomic E-state index is 0.257. The SMILES string of the molecule is CCCCc1nc(CSc2nnc(-c3ccccc3)n2Cc2ccc3c(c2)OCO3)no1. The van der Waals surface area contributed by atoms with E-state index in [1.165, 1.54) is 0 Å². The highest BCUT2D eigenvalue weighted by atomic mass is 32.2. The molecule has 2 aromatic heterocycles. The zero-order valence-corrected chi connectivity index (χ0v) is 18.5. The van der Waals surface area contributed by atoms with Crippen molar-refractivity contribution in [2.75, 3.05) is 6.79 Å². The summed E-state index contributed by atoms with van der Waals surface area (Å²) in [6.07, 6.45) is 2.95. The lowest BCUT2D eigenvalue weighted by Crippen LogP contribution is -2.04. The summed E-state index contributed by atoms with van der Waals surface area (Å²) in [5.41, 5.74) is 2.09. The Labute approximate surface area is 190 Å². The van der Waals surface area contributed by atoms with E-state index in [2.05, 4.69) is 31.8 Å². The number of hydrogen-bond acceptors (Lipinski definition) is 8. The average Bonchev–Trinajstić information content (AvgIpc) is 3.57. The number of hydrogen-bond donors (Lipinski definition) is 0. The fraction of sp³-hybridized carbons (Fsp3) is 0.304. The molecule has 0 fully saturated rings. The van der Waals surface area contributed by atoms with Crippen LogP contribution < -0.4 is 9.47 Å². The van der Waals surface area contributed by atoms with E-state index in [4.69, 9.17) is 14.0 Å². The molecule has 0 saturated heterocycles. The highest BCUT2D eigenvalue weighted by molar-refractivity contribution is 7.98. The van der Waals surface area contributed by atoms with Gasteiger partial charge >= 0.3 is 0 Å². The molecule has 0 atom stereocenters. The Balaban J connectivity index is 1.39. The lowest BCUT2D eigenvalue weighted by Gasteiger charge is -2.11. The zero-order valence-electron chi connectivity index (χ0n) is 17.7. The molecule has 0 unspecified atom stereocenters. The van der Waals surface area contributed by atoms with Crippen LogP contribution in [0, 0.1) is 0 Å². The van der Waals surface area contributed by atoms with Crippen LogP contribution in [0.15, 0.2) is 58.2 Å². The van der Waals surface area contributed by atoms with Gasteiger partial charge in [-0.3, -0.25) is 4.57 Å². The van der Waals surface area contributed by atoms with Crippen molar-refractivity contribution in [3.63, 3.8) is 0 Å². The normalized spacial score (nSPS) is 12.4. The van der Waals surface area contributed by atoms with Gasteiger partial charge < -0.3 is 14.0 Å². The van der Waals surface area contributed by atoms with Gasteiger partial charge in [0.25, 0.3) is 0 Å². The summed E-state index contributed by atoms with van der Waals surface area (Å²) in [4.78, 5) is 4.49. The Hall–Kier alpha value is -3.33. The number of benzene rings is 2. The number of aromatic nitrogens is 5. The molecule has 164 valence electrons. The first kappa shape index (κ1) is 20.6. The fourth-order valence-corrected chi connectivity index (χ4v) is 4.25. The topological polar surface area (TPSA) is 88.1 Å². The smallest absolute Gasteiger partial charge is 0.231 e. The van der Waals surface area contributed by atoms with Gasteiger partial charge in [0.15, 0.2) is 28.3 Å². The van der Waals surface area contributed by atoms with Crippen molar-refractivity contribution in [3.05, 3.63) is 65.8 Å². The molecule has 0 saturated carbocycles. The molecule has 8 nitrogen and oxygen atoms in total. The Morgan fingerprint density at radius 1 is 1.03 bits per heavy atom. The van der Waals surface area contributed by atoms with Gasteiger partial charge in [-0.25, -0.2) is 0 Å². The second-order valence-corrected chi connectivity index (χ2v) is 8.39. The molecular formula is C23H23N5O3S. The molecule has 1 aliphatic rings. The zero-order chi connectivity index (χ0) is 21.8. The molecule has 5 rings (SSSR count). The molecule has 0 spiro atoms. The second-order valence-electron chi connectivity index (χ2n) is 7.44. The summed E-state index contributed by atoms with van der Waals surface area (Å²) in [6.45, 7) is 3.00. The molecule has 0 radical (unpaired) electrons. The lowest BCUT2D eigenvalue weighted by atomic mass is 10.2. The molecule has 0 aliphatic carbocycles. The minimum absolute atomic E-state index is 0.257. The van der Waals surface area contributed by atoms with Crippen LogP contribution in [0.25, 0.3) is 11.4 Å². The standard InChI is InChI=1S/C23H23N5O3S/c1-2-3-9-21-24-20(27-31-21)14-32-23-26-25-22(17-7-5-4-6-8-17)28(23)13-16-10-11-18-19(12-16)30-15-29-18/h4-8,10-12H,2-3,9,13-15H2,1H3. The van der Waals surface area contributed by atoms with E-state index >= 15 is 0 Å². The third kappa shape index (κ3) is 4.47. The van der Waals surface area contributed by atoms with Gasteiger partial charge in [-0.15, -0.1) is 10.2 Å². The Morgan fingerprint density at radius 3 is 2.78 bits per heavy atom. The second kappa shape index (κ2) is 9.44. The van der Waals surface area contributed by atoms with Crippen molar-refractivity contribution >= 4 is 11.8 Å². The largest absolute Gasteiger partial charge is 0.454 e. The van der Waals surface area contributed by atoms with E-state index in [1.807, 2.05) is 48.5 Å². The molecule has 32 heavy (non-hydrogen) atoms. The first-order valence-electron chi connectivity index (χ1n) is 10.6. The van der Waals surface area contributed by atoms with Gasteiger partial charge in [0, 0.05) is 12.0 Å². The number of aryl methyl sites for hydroxylation is 1. The molecule has 2 aromatic carbocycles. The first-order valence-corrected chi connectivity index (χ1v) is 11.6. The van der Waals surface area contributed by atoms with Crippen molar-refractivity contribution in [2.45, 2.75) is 43.6 Å². The number of rotatable bonds is 9. The van der Waals surface area contributed by atoms with Crippen LogP contribution in [0.3, 0.4) is 0 Å². The number of nitrogens with zero attached hydrogens (tertiary/aromatic N) is 5. The van der Waals surface area contributed by atoms with E-state index < -0.39 is 0 Å². The van der Waals surface area contributed by atoms with Crippen LogP contribution in [0.5, 0.6) is 11.5 Å². The quantitative estimate of drug-likeness (QED) is 0.339. The maximum atomic E-state index is 5.54. The van der Waals surface area contributed by atoms with Crippen LogP contribution in [0.1, 0.15) is 37.0 Å². The summed E-state index contributed by atoms with van der Waals surface area (Å²) in [5, 5.41) is 13.9. The summed E-state index contributed by atoms with van der Waals surface area (Å²) in [7, 11) is 0. The molecule has 9 heteroatoms. The highest BCUT2D eigenvalue weighted by Crippen LogP contribution is 2.34. The van der Waals surface area contributed by atoms with Crippen LogP contribution >= 0.6 is 11.8 Å². The van der Waals surface area contributed by atoms with Crippen molar-refractivity contribution < 1.29 is 14.0 Å². The van der Waals surface area contributed by atoms with Gasteiger partial charge in [-0.2, -0.15) is 4.98 Å². The Bertz CT molecular complexity index is 1190. The Morgan fingerprint density at radius 2 is 1.91 bits per heavy atom. The van der Waals surface area contributed by atoms with Crippen LogP contribution in [0.2, 0.25) is 0 Å². The van der Waals surface area contributed by atoms with E-state index in [0.717, 1.165) is 52.9 Å². The van der Waals surface area contributed by atoms with Crippen molar-refractivity contribution in [1.29, 1.82) is 0 Å². The van der Waals surface area contributed by atoms with Gasteiger partial charge in [-0.05, 0) is 24.1 Å². The van der Waals surface area contributed by atoms with Gasteiger partial charge in [0.2, 0.25) is 12.7 Å². The van der Waals surface area contributed by atoms with Gasteiger partial charge in [0.1, 0.15) is 0 Å². The predicted molar refractivity (Wildman–Crippen MR) is 120 cm³/mol. The Kier molecular flexibility index (Phi) is 6.06. The minimum Gasteiger partial charge on any atom is -0.454 e. The van der Waals surface area contributed by atoms with E-state index in [9.17, 15) is 0 Å². The van der Waals surface area contributed by atoms with Crippen LogP contribution in [-0.2, 0) is 18.7 Å². The molecule has 1 aliphatic heterocycles. The summed E-state index contributed by atoms with van der Waals surface area (Å²) in [5.74, 6) is 4.25. The van der Waals surface area contributed by atoms with Crippen molar-refractivity contribution in [2.24, 2.45) is 0 Å². The van der Waals surface area contributed by atoms with Gasteiger partial charge in [-0.1, -0.05) is 66.7 Å². The third-order valence-electron chi connectivity index (χ3n) is 5.11. The van der Waals surface area contributed by atoms with Crippen molar-refractivity contribution in [3.8, 4) is 22.9 Å². The first-order chi connectivity index (χ1) is 15.8. The van der Waals surface area contributed by atoms with Crippen LogP contribution in [0.4, 0.5) is 0 Å². The van der Waals surface area contributed by atoms with E-state index in [1.54, 1.807) is 11.8 Å². The maximum absolute atomic E-state index is 5.54. The van der Waals surface area contributed by atoms with Gasteiger partial charge in [0.05, 0.1) is 12.3 Å². The number of ether oxygens (including phenoxy) is 2. The monoisotopic (exact) mass is 449 g/mol. The molecule has 0 bridgehead atoms. The lowest BCUT2D eigenvalue weighted by molar-refractivity contribution is 0.174. The molecular weight excluding hydrogens is 426 g/mol. The number of unbranched alkanes of at least 4 members (excludes halogenated alkanes) is 1. The van der Waals surface area contributed by atoms with E-state index in [-0.39, 0.29) is 6.79 Å². The van der Waals surface area contributed by atoms with Crippen molar-refractivity contribution in [1.82, 2.24) is 24.9 Å². The average molecular weight is 450 g/mol. The summed E-state index contributed by atoms with van der Waals surface area (Å²) >= 11 is 1.55.